The molecule has 258 valence electrons. The van der Waals surface area contributed by atoms with Crippen molar-refractivity contribution in [2.24, 2.45) is 28.6 Å². The van der Waals surface area contributed by atoms with Crippen LogP contribution in [0.4, 0.5) is 4.39 Å². The molecular formula is C30H41FO13S2. The first-order valence-electron chi connectivity index (χ1n) is 15.0. The summed E-state index contributed by atoms with van der Waals surface area (Å²) < 4.78 is 90.8. The molecule has 4 rings (SSSR count). The molecule has 0 saturated heterocycles. The van der Waals surface area contributed by atoms with Gasteiger partial charge >= 0.3 is 11.9 Å². The lowest BCUT2D eigenvalue weighted by molar-refractivity contribution is -0.250. The maximum absolute atomic E-state index is 18.3. The molecule has 0 aromatic rings. The summed E-state index contributed by atoms with van der Waals surface area (Å²) in [4.78, 5) is 51.6. The molecule has 10 atom stereocenters. The number of esters is 2. The molecular weight excluding hydrogens is 651 g/mol. The zero-order valence-electron chi connectivity index (χ0n) is 26.8. The molecule has 1 N–H and O–H groups in total. The third kappa shape index (κ3) is 5.57. The summed E-state index contributed by atoms with van der Waals surface area (Å²) in [6.07, 6.45) is -2.04. The summed E-state index contributed by atoms with van der Waals surface area (Å²) in [6, 6.07) is 0. The molecule has 4 aliphatic rings. The molecule has 0 heterocycles. The quantitative estimate of drug-likeness (QED) is 0.257. The lowest BCUT2D eigenvalue weighted by Gasteiger charge is -2.65. The van der Waals surface area contributed by atoms with Crippen LogP contribution < -0.4 is 0 Å². The van der Waals surface area contributed by atoms with Crippen molar-refractivity contribution < 1.29 is 63.4 Å². The van der Waals surface area contributed by atoms with E-state index < -0.39 is 115 Å². The molecule has 4 aliphatic carbocycles. The number of halogens is 1. The van der Waals surface area contributed by atoms with Gasteiger partial charge in [0.2, 0.25) is 5.78 Å². The first kappa shape index (κ1) is 36.3. The van der Waals surface area contributed by atoms with Crippen LogP contribution >= 0.6 is 0 Å². The van der Waals surface area contributed by atoms with Crippen molar-refractivity contribution in [3.8, 4) is 0 Å². The highest BCUT2D eigenvalue weighted by Crippen LogP contribution is 2.72. The number of aliphatic hydroxyl groups excluding tert-OH is 1. The van der Waals surface area contributed by atoms with Crippen LogP contribution in [0.1, 0.15) is 60.3 Å². The van der Waals surface area contributed by atoms with Crippen LogP contribution in [0.3, 0.4) is 0 Å². The molecule has 46 heavy (non-hydrogen) atoms. The van der Waals surface area contributed by atoms with E-state index in [1.807, 2.05) is 0 Å². The van der Waals surface area contributed by atoms with Crippen LogP contribution in [0.2, 0.25) is 0 Å². The number of fused-ring (bicyclic) bond motifs is 5. The second-order valence-corrected chi connectivity index (χ2v) is 16.4. The van der Waals surface area contributed by atoms with Crippen molar-refractivity contribution >= 4 is 43.7 Å². The third-order valence-corrected chi connectivity index (χ3v) is 11.5. The largest absolute Gasteiger partial charge is 0.457 e. The van der Waals surface area contributed by atoms with Crippen molar-refractivity contribution in [3.05, 3.63) is 23.8 Å². The zero-order chi connectivity index (χ0) is 34.8. The fourth-order valence-electron chi connectivity index (χ4n) is 8.59. The smallest absolute Gasteiger partial charge is 0.306 e. The van der Waals surface area contributed by atoms with E-state index in [-0.39, 0.29) is 24.8 Å². The Balaban J connectivity index is 2.03. The van der Waals surface area contributed by atoms with Crippen molar-refractivity contribution in [3.63, 3.8) is 0 Å². The van der Waals surface area contributed by atoms with E-state index in [0.717, 1.165) is 12.2 Å². The summed E-state index contributed by atoms with van der Waals surface area (Å²) in [6.45, 7) is 6.64. The van der Waals surface area contributed by atoms with E-state index in [0.29, 0.717) is 12.5 Å². The van der Waals surface area contributed by atoms with Gasteiger partial charge in [-0.1, -0.05) is 33.8 Å². The minimum atomic E-state index is -4.49. The van der Waals surface area contributed by atoms with Gasteiger partial charge in [0.15, 0.2) is 23.7 Å². The van der Waals surface area contributed by atoms with E-state index in [2.05, 4.69) is 0 Å². The van der Waals surface area contributed by atoms with Gasteiger partial charge in [-0.2, -0.15) is 16.8 Å². The van der Waals surface area contributed by atoms with Gasteiger partial charge in [-0.3, -0.25) is 27.5 Å². The van der Waals surface area contributed by atoms with Gasteiger partial charge in [-0.15, -0.1) is 0 Å². The number of alkyl halides is 1. The second kappa shape index (κ2) is 11.9. The zero-order valence-corrected chi connectivity index (χ0v) is 28.4. The van der Waals surface area contributed by atoms with Crippen molar-refractivity contribution in [1.29, 1.82) is 0 Å². The Kier molecular flexibility index (Phi) is 9.36. The Morgan fingerprint density at radius 1 is 1.02 bits per heavy atom. The summed E-state index contributed by atoms with van der Waals surface area (Å²) >= 11 is 0. The van der Waals surface area contributed by atoms with E-state index in [9.17, 15) is 41.1 Å². The number of hydrogen-bond acceptors (Lipinski definition) is 13. The highest BCUT2D eigenvalue weighted by molar-refractivity contribution is 7.86. The van der Waals surface area contributed by atoms with Crippen molar-refractivity contribution in [1.82, 2.24) is 0 Å². The van der Waals surface area contributed by atoms with Gasteiger partial charge in [0.05, 0.1) is 18.6 Å². The minimum absolute atomic E-state index is 0.0493. The van der Waals surface area contributed by atoms with E-state index in [1.165, 1.54) is 33.8 Å². The number of carbonyl (C=O) groups excluding carboxylic acids is 4. The number of ether oxygens (including phenoxy) is 2. The molecule has 0 aromatic carbocycles. The fraction of sp³-hybridized carbons (Fsp3) is 0.733. The highest BCUT2D eigenvalue weighted by Gasteiger charge is 2.80. The molecule has 0 aromatic heterocycles. The molecule has 16 heteroatoms. The molecule has 0 aliphatic heterocycles. The number of allylic oxidation sites excluding steroid dienone is 3. The molecule has 0 bridgehead atoms. The number of ketones is 2. The first-order chi connectivity index (χ1) is 21.0. The molecule has 0 radical (unpaired) electrons. The number of hydrogen-bond donors (Lipinski definition) is 1. The maximum atomic E-state index is 18.3. The van der Waals surface area contributed by atoms with Crippen LogP contribution in [-0.2, 0) is 57.3 Å². The Morgan fingerprint density at radius 3 is 2.15 bits per heavy atom. The molecule has 0 unspecified atom stereocenters. The molecule has 0 spiro atoms. The molecule has 3 fully saturated rings. The van der Waals surface area contributed by atoms with E-state index in [1.54, 1.807) is 6.92 Å². The molecule has 0 amide bonds. The predicted octanol–water partition coefficient (Wildman–Crippen LogP) is 1.73. The number of Topliss-reactive ketones (excluding diaryl/α,β-unsaturated/α-hetero) is 1. The van der Waals surface area contributed by atoms with Gasteiger partial charge in [-0.25, -0.2) is 4.39 Å². The average Bonchev–Trinajstić information content (AvgIpc) is 3.15. The van der Waals surface area contributed by atoms with Gasteiger partial charge in [0.25, 0.3) is 20.2 Å². The highest BCUT2D eigenvalue weighted by atomic mass is 32.2. The number of aliphatic hydroxyl groups is 1. The number of carbonyl (C=O) groups is 4. The average molecular weight is 693 g/mol. The van der Waals surface area contributed by atoms with Gasteiger partial charge in [0.1, 0.15) is 12.2 Å². The lowest BCUT2D eigenvalue weighted by Crippen LogP contribution is -2.75. The monoisotopic (exact) mass is 692 g/mol. The van der Waals surface area contributed by atoms with E-state index >= 15 is 4.39 Å². The standard InChI is InChI=1S/C30H41FO13S2/c1-8-22(35)41-15-21(34)30(42-23(36)9-2)16(3)12-18-24-26(44-46(7,39)40)25(43-45(6,37)38)19-13-17(32)10-11-27(19,4)29(24,31)20(33)14-28(18,30)5/h10-11,13,16,18,20,24-26,33H,8-9,12,14-15H2,1-7H3/t16-,18+,20+,24-,25+,26-,27+,28+,29-,30-/m1/s1. The van der Waals surface area contributed by atoms with Crippen LogP contribution in [-0.4, -0.2) is 94.1 Å². The summed E-state index contributed by atoms with van der Waals surface area (Å²) in [7, 11) is -8.90. The summed E-state index contributed by atoms with van der Waals surface area (Å²) in [5, 5.41) is 11.9. The van der Waals surface area contributed by atoms with Gasteiger partial charge in [0, 0.05) is 35.5 Å². The van der Waals surface area contributed by atoms with Crippen molar-refractivity contribution in [2.45, 2.75) is 89.9 Å². The van der Waals surface area contributed by atoms with Gasteiger partial charge in [-0.05, 0) is 43.4 Å². The molecule has 3 saturated carbocycles. The van der Waals surface area contributed by atoms with E-state index in [4.69, 9.17) is 17.8 Å². The van der Waals surface area contributed by atoms with Crippen LogP contribution in [0.25, 0.3) is 0 Å². The Labute approximate surface area is 268 Å². The number of rotatable bonds is 10. The first-order valence-corrected chi connectivity index (χ1v) is 18.6. The normalized spacial score (nSPS) is 40.3. The minimum Gasteiger partial charge on any atom is -0.457 e. The topological polar surface area (TPSA) is 194 Å². The molecule has 13 nitrogen and oxygen atoms in total. The summed E-state index contributed by atoms with van der Waals surface area (Å²) in [5.41, 5.74) is -8.71. The fourth-order valence-corrected chi connectivity index (χ4v) is 9.80. The lowest BCUT2D eigenvalue weighted by atomic mass is 9.43. The van der Waals surface area contributed by atoms with Gasteiger partial charge < -0.3 is 14.6 Å². The van der Waals surface area contributed by atoms with Crippen molar-refractivity contribution in [2.75, 3.05) is 19.1 Å². The third-order valence-electron chi connectivity index (χ3n) is 10.4. The summed E-state index contributed by atoms with van der Waals surface area (Å²) in [5.74, 6) is -6.69. The van der Waals surface area contributed by atoms with Crippen LogP contribution in [0.5, 0.6) is 0 Å². The Bertz CT molecular complexity index is 1600. The Hall–Kier alpha value is -2.53. The maximum Gasteiger partial charge on any atom is 0.306 e. The Morgan fingerprint density at radius 2 is 1.61 bits per heavy atom. The van der Waals surface area contributed by atoms with Crippen LogP contribution in [0.15, 0.2) is 23.8 Å². The van der Waals surface area contributed by atoms with Crippen LogP contribution in [0, 0.1) is 28.6 Å². The second-order valence-electron chi connectivity index (χ2n) is 13.2. The SMILES string of the molecule is CCC(=O)OCC(=O)[C@]1(OC(=O)CC)[C@H](C)C[C@H]2[C@@H]3[C@@H](OS(C)(=O)=O)[C@@H](OS(C)(=O)=O)C4=CC(=O)C=C[C@]4(C)[C@@]3(F)[C@@H](O)C[C@@]21C. The predicted molar refractivity (Wildman–Crippen MR) is 158 cm³/mol.